The molecule has 92 valence electrons. The van der Waals surface area contributed by atoms with E-state index in [2.05, 4.69) is 15.2 Å². The molecule has 7 nitrogen and oxygen atoms in total. The highest BCUT2D eigenvalue weighted by molar-refractivity contribution is 5.57. The van der Waals surface area contributed by atoms with Crippen LogP contribution >= 0.6 is 0 Å². The molecule has 0 saturated carbocycles. The Kier molecular flexibility index (Phi) is 2.44. The van der Waals surface area contributed by atoms with Crippen molar-refractivity contribution in [3.05, 3.63) is 34.9 Å². The molecule has 2 aromatic heterocycles. The molecule has 0 spiro atoms. The van der Waals surface area contributed by atoms with Gasteiger partial charge in [-0.25, -0.2) is 4.68 Å². The fourth-order valence-corrected chi connectivity index (χ4v) is 2.04. The van der Waals surface area contributed by atoms with E-state index in [1.165, 1.54) is 0 Å². The van der Waals surface area contributed by atoms with Crippen molar-refractivity contribution < 1.29 is 0 Å². The van der Waals surface area contributed by atoms with Gasteiger partial charge in [-0.05, 0) is 18.6 Å². The first kappa shape index (κ1) is 10.7. The molecule has 0 amide bonds. The van der Waals surface area contributed by atoms with Gasteiger partial charge in [0, 0.05) is 19.3 Å². The number of hydrogen-bond donors (Lipinski definition) is 1. The van der Waals surface area contributed by atoms with E-state index >= 15 is 0 Å². The van der Waals surface area contributed by atoms with Gasteiger partial charge in [0.15, 0.2) is 11.5 Å². The number of hydrogen-bond acceptors (Lipinski definition) is 5. The van der Waals surface area contributed by atoms with E-state index in [0.29, 0.717) is 18.1 Å². The third-order valence-electron chi connectivity index (χ3n) is 2.90. The smallest absolute Gasteiger partial charge is 0.296 e. The Bertz CT molecular complexity index is 654. The summed E-state index contributed by atoms with van der Waals surface area (Å²) < 4.78 is 3.35. The number of pyridine rings is 1. The zero-order valence-corrected chi connectivity index (χ0v) is 9.65. The molecular weight excluding hydrogens is 232 g/mol. The van der Waals surface area contributed by atoms with Crippen molar-refractivity contribution in [1.29, 1.82) is 0 Å². The van der Waals surface area contributed by atoms with Gasteiger partial charge in [0.2, 0.25) is 0 Å². The van der Waals surface area contributed by atoms with Gasteiger partial charge in [-0.2, -0.15) is 0 Å². The highest BCUT2D eigenvalue weighted by Crippen LogP contribution is 2.23. The van der Waals surface area contributed by atoms with Crippen LogP contribution in [0.2, 0.25) is 0 Å². The normalized spacial score (nSPS) is 14.2. The maximum Gasteiger partial charge on any atom is 0.296 e. The van der Waals surface area contributed by atoms with Crippen LogP contribution in [-0.4, -0.2) is 14.3 Å². The first-order valence-corrected chi connectivity index (χ1v) is 5.68. The SMILES string of the molecule is Nc1c(N=Nc2cccnc2)c(=O)n2n1CCC2. The van der Waals surface area contributed by atoms with Crippen LogP contribution in [0.15, 0.2) is 39.5 Å². The standard InChI is InChI=1S/C11H12N6O/c12-10-9(11(18)17-6-2-5-16(10)17)15-14-8-3-1-4-13-7-8/h1,3-4,7H,2,5-6,12H2. The highest BCUT2D eigenvalue weighted by Gasteiger charge is 2.21. The van der Waals surface area contributed by atoms with Crippen LogP contribution < -0.4 is 11.3 Å². The monoisotopic (exact) mass is 244 g/mol. The van der Waals surface area contributed by atoms with Gasteiger partial charge in [0.1, 0.15) is 5.69 Å². The second-order valence-corrected chi connectivity index (χ2v) is 4.05. The minimum atomic E-state index is -0.183. The summed E-state index contributed by atoms with van der Waals surface area (Å²) in [5.74, 6) is 0.380. The van der Waals surface area contributed by atoms with Crippen LogP contribution in [0.5, 0.6) is 0 Å². The zero-order chi connectivity index (χ0) is 12.5. The largest absolute Gasteiger partial charge is 0.382 e. The molecule has 7 heteroatoms. The van der Waals surface area contributed by atoms with Crippen LogP contribution in [0.4, 0.5) is 17.2 Å². The first-order chi connectivity index (χ1) is 8.77. The molecular formula is C11H12N6O. The summed E-state index contributed by atoms with van der Waals surface area (Å²) in [6.45, 7) is 1.44. The van der Waals surface area contributed by atoms with Gasteiger partial charge < -0.3 is 5.73 Å². The fourth-order valence-electron chi connectivity index (χ4n) is 2.04. The number of rotatable bonds is 2. The average Bonchev–Trinajstić information content (AvgIpc) is 2.95. The van der Waals surface area contributed by atoms with Gasteiger partial charge in [-0.15, -0.1) is 10.2 Å². The molecule has 0 atom stereocenters. The van der Waals surface area contributed by atoms with Crippen molar-refractivity contribution >= 4 is 17.2 Å². The van der Waals surface area contributed by atoms with E-state index in [0.717, 1.165) is 13.0 Å². The Morgan fingerprint density at radius 1 is 1.28 bits per heavy atom. The Hall–Kier alpha value is -2.44. The minimum absolute atomic E-state index is 0.183. The minimum Gasteiger partial charge on any atom is -0.382 e. The number of fused-ring (bicyclic) bond motifs is 1. The summed E-state index contributed by atoms with van der Waals surface area (Å²) >= 11 is 0. The van der Waals surface area contributed by atoms with Crippen molar-refractivity contribution in [2.24, 2.45) is 10.2 Å². The quantitative estimate of drug-likeness (QED) is 0.810. The van der Waals surface area contributed by atoms with E-state index in [-0.39, 0.29) is 11.2 Å². The number of nitrogens with two attached hydrogens (primary N) is 1. The van der Waals surface area contributed by atoms with Crippen molar-refractivity contribution in [1.82, 2.24) is 14.3 Å². The van der Waals surface area contributed by atoms with Crippen molar-refractivity contribution in [2.45, 2.75) is 19.5 Å². The lowest BCUT2D eigenvalue weighted by Gasteiger charge is -1.98. The van der Waals surface area contributed by atoms with E-state index in [4.69, 9.17) is 5.73 Å². The van der Waals surface area contributed by atoms with Gasteiger partial charge in [-0.3, -0.25) is 14.5 Å². The molecule has 0 saturated heterocycles. The zero-order valence-electron chi connectivity index (χ0n) is 9.65. The molecule has 3 rings (SSSR count). The first-order valence-electron chi connectivity index (χ1n) is 5.68. The molecule has 3 heterocycles. The van der Waals surface area contributed by atoms with Crippen LogP contribution in [-0.2, 0) is 13.1 Å². The van der Waals surface area contributed by atoms with E-state index in [9.17, 15) is 4.79 Å². The highest BCUT2D eigenvalue weighted by atomic mass is 16.1. The lowest BCUT2D eigenvalue weighted by molar-refractivity contribution is 0.601. The summed E-state index contributed by atoms with van der Waals surface area (Å²) in [4.78, 5) is 15.9. The number of aromatic nitrogens is 3. The van der Waals surface area contributed by atoms with Crippen molar-refractivity contribution in [3.8, 4) is 0 Å². The maximum absolute atomic E-state index is 12.0. The third-order valence-corrected chi connectivity index (χ3v) is 2.90. The van der Waals surface area contributed by atoms with Crippen LogP contribution in [0, 0.1) is 0 Å². The predicted octanol–water partition coefficient (Wildman–Crippen LogP) is 1.45. The second kappa shape index (κ2) is 4.10. The second-order valence-electron chi connectivity index (χ2n) is 4.05. The van der Waals surface area contributed by atoms with E-state index < -0.39 is 0 Å². The molecule has 0 fully saturated rings. The number of azo groups is 1. The van der Waals surface area contributed by atoms with Gasteiger partial charge >= 0.3 is 0 Å². The summed E-state index contributed by atoms with van der Waals surface area (Å²) in [5.41, 5.74) is 6.51. The Morgan fingerprint density at radius 3 is 2.83 bits per heavy atom. The van der Waals surface area contributed by atoms with Crippen LogP contribution in [0.3, 0.4) is 0 Å². The number of anilines is 1. The third kappa shape index (κ3) is 1.60. The summed E-state index contributed by atoms with van der Waals surface area (Å²) in [6, 6.07) is 3.51. The topological polar surface area (TPSA) is 90.6 Å². The Balaban J connectivity index is 2.00. The molecule has 1 aliphatic heterocycles. The Labute approximate surface area is 103 Å². The molecule has 18 heavy (non-hydrogen) atoms. The molecule has 2 N–H and O–H groups in total. The molecule has 0 unspecified atom stereocenters. The Morgan fingerprint density at radius 2 is 2.11 bits per heavy atom. The lowest BCUT2D eigenvalue weighted by atomic mass is 10.4. The molecule has 0 bridgehead atoms. The van der Waals surface area contributed by atoms with Crippen LogP contribution in [0.1, 0.15) is 6.42 Å². The molecule has 1 aliphatic rings. The summed E-state index contributed by atoms with van der Waals surface area (Å²) in [6.07, 6.45) is 4.15. The molecule has 0 radical (unpaired) electrons. The van der Waals surface area contributed by atoms with E-state index in [1.54, 1.807) is 33.9 Å². The maximum atomic E-state index is 12.0. The predicted molar refractivity (Wildman–Crippen MR) is 66.1 cm³/mol. The summed E-state index contributed by atoms with van der Waals surface area (Å²) in [7, 11) is 0. The van der Waals surface area contributed by atoms with Crippen LogP contribution in [0.25, 0.3) is 0 Å². The molecule has 0 aliphatic carbocycles. The molecule has 0 aromatic carbocycles. The van der Waals surface area contributed by atoms with E-state index in [1.807, 2.05) is 0 Å². The van der Waals surface area contributed by atoms with Gasteiger partial charge in [0.25, 0.3) is 5.56 Å². The van der Waals surface area contributed by atoms with Crippen molar-refractivity contribution in [2.75, 3.05) is 5.73 Å². The fraction of sp³-hybridized carbons (Fsp3) is 0.273. The number of nitrogen functional groups attached to an aromatic ring is 1. The number of nitrogens with zero attached hydrogens (tertiary/aromatic N) is 5. The van der Waals surface area contributed by atoms with Gasteiger partial charge in [-0.1, -0.05) is 0 Å². The van der Waals surface area contributed by atoms with Gasteiger partial charge in [0.05, 0.1) is 6.20 Å². The molecule has 2 aromatic rings. The van der Waals surface area contributed by atoms with Crippen molar-refractivity contribution in [3.63, 3.8) is 0 Å². The summed E-state index contributed by atoms with van der Waals surface area (Å²) in [5, 5.41) is 7.91. The average molecular weight is 244 g/mol. The lowest BCUT2D eigenvalue weighted by Crippen LogP contribution is -2.16.